The van der Waals surface area contributed by atoms with Gasteiger partial charge in [0.15, 0.2) is 22.5 Å². The molecule has 31 heavy (non-hydrogen) atoms. The highest BCUT2D eigenvalue weighted by atomic mass is 32.2. The third-order valence-corrected chi connectivity index (χ3v) is 6.42. The lowest BCUT2D eigenvalue weighted by Crippen LogP contribution is -2.37. The van der Waals surface area contributed by atoms with Crippen LogP contribution in [-0.4, -0.2) is 45.2 Å². The Hall–Kier alpha value is -2.75. The molecule has 4 rings (SSSR count). The van der Waals surface area contributed by atoms with Gasteiger partial charge in [-0.2, -0.15) is 0 Å². The van der Waals surface area contributed by atoms with Gasteiger partial charge >= 0.3 is 0 Å². The van der Waals surface area contributed by atoms with Crippen molar-refractivity contribution < 1.29 is 19.1 Å². The lowest BCUT2D eigenvalue weighted by molar-refractivity contribution is -0.119. The van der Waals surface area contributed by atoms with Gasteiger partial charge < -0.3 is 24.7 Å². The Morgan fingerprint density at radius 2 is 1.97 bits per heavy atom. The second kappa shape index (κ2) is 10.0. The summed E-state index contributed by atoms with van der Waals surface area (Å²) in [5, 5.41) is 15.1. The maximum Gasteiger partial charge on any atom is 0.251 e. The van der Waals surface area contributed by atoms with Crippen LogP contribution in [0.4, 0.5) is 0 Å². The first kappa shape index (κ1) is 21.5. The van der Waals surface area contributed by atoms with E-state index in [1.54, 1.807) is 18.2 Å². The standard InChI is InChI=1S/C21H27N5O4S/c1-2-26-18(11-22-20(28)14-8-9-16-17(10-14)30-13-29-16)24-25-21(26)31-12-19(27)23-15-6-4-3-5-7-15/h8-10,15H,2-7,11-13H2,1H3,(H,22,28)(H,23,27). The number of rotatable bonds is 8. The molecule has 1 aromatic carbocycles. The number of hydrogen-bond donors (Lipinski definition) is 2. The maximum atomic E-state index is 12.5. The molecule has 2 aromatic rings. The Kier molecular flexibility index (Phi) is 6.96. The van der Waals surface area contributed by atoms with Gasteiger partial charge in [-0.25, -0.2) is 0 Å². The van der Waals surface area contributed by atoms with Crippen LogP contribution in [0.1, 0.15) is 55.2 Å². The molecule has 1 saturated carbocycles. The Bertz CT molecular complexity index is 942. The van der Waals surface area contributed by atoms with E-state index in [4.69, 9.17) is 9.47 Å². The van der Waals surface area contributed by atoms with E-state index >= 15 is 0 Å². The molecule has 2 N–H and O–H groups in total. The predicted octanol–water partition coefficient (Wildman–Crippen LogP) is 2.50. The second-order valence-corrected chi connectivity index (χ2v) is 8.53. The highest BCUT2D eigenvalue weighted by Gasteiger charge is 2.19. The van der Waals surface area contributed by atoms with Gasteiger partial charge in [0.1, 0.15) is 0 Å². The van der Waals surface area contributed by atoms with Crippen molar-refractivity contribution in [2.24, 2.45) is 0 Å². The summed E-state index contributed by atoms with van der Waals surface area (Å²) in [6, 6.07) is 5.38. The molecule has 0 atom stereocenters. The summed E-state index contributed by atoms with van der Waals surface area (Å²) in [6.07, 6.45) is 5.76. The zero-order valence-corrected chi connectivity index (χ0v) is 18.4. The smallest absolute Gasteiger partial charge is 0.251 e. The van der Waals surface area contributed by atoms with Crippen molar-refractivity contribution in [2.45, 2.75) is 63.3 Å². The second-order valence-electron chi connectivity index (χ2n) is 7.58. The molecule has 166 valence electrons. The minimum atomic E-state index is -0.231. The number of fused-ring (bicyclic) bond motifs is 1. The summed E-state index contributed by atoms with van der Waals surface area (Å²) in [6.45, 7) is 3.04. The van der Waals surface area contributed by atoms with Gasteiger partial charge in [0.2, 0.25) is 12.7 Å². The zero-order valence-electron chi connectivity index (χ0n) is 17.6. The first-order valence-corrected chi connectivity index (χ1v) is 11.6. The molecule has 0 radical (unpaired) electrons. The number of benzene rings is 1. The highest BCUT2D eigenvalue weighted by Crippen LogP contribution is 2.32. The number of carbonyl (C=O) groups excluding carboxylic acids is 2. The molecule has 10 heteroatoms. The van der Waals surface area contributed by atoms with Gasteiger partial charge in [-0.3, -0.25) is 9.59 Å². The van der Waals surface area contributed by atoms with Crippen molar-refractivity contribution in [1.82, 2.24) is 25.4 Å². The van der Waals surface area contributed by atoms with Gasteiger partial charge in [0.25, 0.3) is 5.91 Å². The first-order valence-electron chi connectivity index (χ1n) is 10.7. The molecule has 0 saturated heterocycles. The number of aromatic nitrogens is 3. The average Bonchev–Trinajstić information content (AvgIpc) is 3.42. The van der Waals surface area contributed by atoms with Crippen molar-refractivity contribution in [2.75, 3.05) is 12.5 Å². The van der Waals surface area contributed by atoms with Crippen LogP contribution in [0.3, 0.4) is 0 Å². The molecule has 1 aliphatic heterocycles. The lowest BCUT2D eigenvalue weighted by Gasteiger charge is -2.22. The summed E-state index contributed by atoms with van der Waals surface area (Å²) >= 11 is 1.37. The molecule has 2 amide bonds. The predicted molar refractivity (Wildman–Crippen MR) is 115 cm³/mol. The number of ether oxygens (including phenoxy) is 2. The van der Waals surface area contributed by atoms with E-state index in [9.17, 15) is 9.59 Å². The normalized spacial score (nSPS) is 15.6. The monoisotopic (exact) mass is 445 g/mol. The van der Waals surface area contributed by atoms with E-state index < -0.39 is 0 Å². The van der Waals surface area contributed by atoms with Crippen LogP contribution >= 0.6 is 11.8 Å². The molecule has 2 heterocycles. The van der Waals surface area contributed by atoms with Crippen LogP contribution in [0, 0.1) is 0 Å². The van der Waals surface area contributed by atoms with E-state index in [0.29, 0.717) is 46.4 Å². The van der Waals surface area contributed by atoms with Gasteiger partial charge in [0.05, 0.1) is 12.3 Å². The summed E-state index contributed by atoms with van der Waals surface area (Å²) in [5.41, 5.74) is 0.487. The van der Waals surface area contributed by atoms with Crippen LogP contribution in [0.5, 0.6) is 11.5 Å². The van der Waals surface area contributed by atoms with Crippen LogP contribution < -0.4 is 20.1 Å². The topological polar surface area (TPSA) is 107 Å². The third-order valence-electron chi connectivity index (χ3n) is 5.45. The van der Waals surface area contributed by atoms with Crippen LogP contribution in [0.2, 0.25) is 0 Å². The Labute approximate surface area is 185 Å². The number of carbonyl (C=O) groups is 2. The van der Waals surface area contributed by atoms with Crippen LogP contribution in [0.15, 0.2) is 23.4 Å². The van der Waals surface area contributed by atoms with E-state index in [1.165, 1.54) is 31.0 Å². The molecule has 0 unspecified atom stereocenters. The molecule has 9 nitrogen and oxygen atoms in total. The zero-order chi connectivity index (χ0) is 21.6. The SMILES string of the molecule is CCn1c(CNC(=O)c2ccc3c(c2)OCO3)nnc1SCC(=O)NC1CCCCC1. The molecular weight excluding hydrogens is 418 g/mol. The van der Waals surface area contributed by atoms with E-state index in [0.717, 1.165) is 12.8 Å². The highest BCUT2D eigenvalue weighted by molar-refractivity contribution is 7.99. The van der Waals surface area contributed by atoms with Crippen molar-refractivity contribution in [1.29, 1.82) is 0 Å². The minimum Gasteiger partial charge on any atom is -0.454 e. The van der Waals surface area contributed by atoms with Gasteiger partial charge in [0, 0.05) is 18.2 Å². The molecule has 1 aromatic heterocycles. The maximum absolute atomic E-state index is 12.5. The number of nitrogens with one attached hydrogen (secondary N) is 2. The van der Waals surface area contributed by atoms with Crippen molar-refractivity contribution in [3.8, 4) is 11.5 Å². The summed E-state index contributed by atoms with van der Waals surface area (Å²) in [5.74, 6) is 1.95. The molecule has 2 aliphatic rings. The summed E-state index contributed by atoms with van der Waals surface area (Å²) < 4.78 is 12.5. The fraction of sp³-hybridized carbons (Fsp3) is 0.524. The van der Waals surface area contributed by atoms with Gasteiger partial charge in [-0.1, -0.05) is 31.0 Å². The quantitative estimate of drug-likeness (QED) is 0.601. The number of amides is 2. The summed E-state index contributed by atoms with van der Waals surface area (Å²) in [7, 11) is 0. The first-order chi connectivity index (χ1) is 15.1. The van der Waals surface area contributed by atoms with E-state index in [2.05, 4.69) is 20.8 Å². The largest absolute Gasteiger partial charge is 0.454 e. The fourth-order valence-electron chi connectivity index (χ4n) is 3.82. The number of hydrogen-bond acceptors (Lipinski definition) is 7. The Balaban J connectivity index is 1.30. The minimum absolute atomic E-state index is 0.0280. The van der Waals surface area contributed by atoms with E-state index in [1.807, 2.05) is 11.5 Å². The van der Waals surface area contributed by atoms with Crippen LogP contribution in [-0.2, 0) is 17.9 Å². The van der Waals surface area contributed by atoms with Crippen molar-refractivity contribution in [3.05, 3.63) is 29.6 Å². The summed E-state index contributed by atoms with van der Waals surface area (Å²) in [4.78, 5) is 24.8. The van der Waals surface area contributed by atoms with Crippen molar-refractivity contribution in [3.63, 3.8) is 0 Å². The molecular formula is C21H27N5O4S. The Morgan fingerprint density at radius 3 is 2.77 bits per heavy atom. The number of thioether (sulfide) groups is 1. The molecule has 0 bridgehead atoms. The molecule has 0 spiro atoms. The lowest BCUT2D eigenvalue weighted by atomic mass is 9.95. The van der Waals surface area contributed by atoms with Gasteiger partial charge in [-0.05, 0) is 38.0 Å². The third kappa shape index (κ3) is 5.30. The van der Waals surface area contributed by atoms with Gasteiger partial charge in [-0.15, -0.1) is 10.2 Å². The fourth-order valence-corrected chi connectivity index (χ4v) is 4.65. The van der Waals surface area contributed by atoms with Crippen molar-refractivity contribution >= 4 is 23.6 Å². The average molecular weight is 446 g/mol. The van der Waals surface area contributed by atoms with E-state index in [-0.39, 0.29) is 25.2 Å². The Morgan fingerprint density at radius 1 is 1.16 bits per heavy atom. The van der Waals surface area contributed by atoms with Crippen LogP contribution in [0.25, 0.3) is 0 Å². The molecule has 1 aliphatic carbocycles. The number of nitrogens with zero attached hydrogens (tertiary/aromatic N) is 3. The molecule has 1 fully saturated rings.